The number of rotatable bonds is 31. The monoisotopic (exact) mass is 641 g/mol. The van der Waals surface area contributed by atoms with Crippen LogP contribution in [0.25, 0.3) is 0 Å². The maximum absolute atomic E-state index is 6.16. The van der Waals surface area contributed by atoms with E-state index in [-0.39, 0.29) is 12.4 Å². The third-order valence-corrected chi connectivity index (χ3v) is 12.1. The van der Waals surface area contributed by atoms with E-state index in [0.717, 1.165) is 30.0 Å². The predicted molar refractivity (Wildman–Crippen MR) is 185 cm³/mol. The van der Waals surface area contributed by atoms with Gasteiger partial charge in [0.05, 0.1) is 19.6 Å². The lowest BCUT2D eigenvalue weighted by Gasteiger charge is -2.39. The van der Waals surface area contributed by atoms with E-state index < -0.39 is 8.80 Å². The van der Waals surface area contributed by atoms with Gasteiger partial charge in [0.25, 0.3) is 0 Å². The molecule has 0 bridgehead atoms. The number of unbranched alkanes of at least 4 members (excludes halogenated alkanes) is 16. The standard InChI is InChI=1S/C37H72NO3Si.ClH/c1-6-11-12-13-14-15-16-17-18-19-20-21-22-23-24-25-29-33-38(7-2,36-37-31-27-26-28-32-37)34-30-35-42(39-8-3,40-9-4)41-10-5;/h26-28,31-32H,6-25,29-30,33-36H2,1-5H3;1H/q+1;/p-1. The van der Waals surface area contributed by atoms with E-state index in [0.29, 0.717) is 19.8 Å². The van der Waals surface area contributed by atoms with Gasteiger partial charge in [-0.15, -0.1) is 0 Å². The van der Waals surface area contributed by atoms with Crippen LogP contribution in [-0.2, 0) is 19.8 Å². The molecule has 4 nitrogen and oxygen atoms in total. The zero-order valence-corrected chi connectivity index (χ0v) is 31.1. The number of hydrogen-bond acceptors (Lipinski definition) is 3. The summed E-state index contributed by atoms with van der Waals surface area (Å²) in [6.45, 7) is 17.5. The minimum absolute atomic E-state index is 0. The van der Waals surface area contributed by atoms with Gasteiger partial charge in [0.2, 0.25) is 0 Å². The third kappa shape index (κ3) is 21.1. The molecule has 0 N–H and O–H groups in total. The van der Waals surface area contributed by atoms with E-state index in [1.54, 1.807) is 0 Å². The van der Waals surface area contributed by atoms with Crippen molar-refractivity contribution >= 4 is 8.80 Å². The molecule has 0 aromatic heterocycles. The second-order valence-electron chi connectivity index (χ2n) is 12.5. The van der Waals surface area contributed by atoms with Crippen LogP contribution in [0.5, 0.6) is 0 Å². The highest BCUT2D eigenvalue weighted by Crippen LogP contribution is 2.24. The average molecular weight is 643 g/mol. The Bertz CT molecular complexity index is 693. The van der Waals surface area contributed by atoms with Crippen LogP contribution in [0.1, 0.15) is 156 Å². The molecule has 0 aliphatic carbocycles. The predicted octanol–water partition coefficient (Wildman–Crippen LogP) is 8.12. The first-order chi connectivity index (χ1) is 20.6. The highest BCUT2D eigenvalue weighted by Gasteiger charge is 2.41. The highest BCUT2D eigenvalue weighted by molar-refractivity contribution is 6.60. The first-order valence-corrected chi connectivity index (χ1v) is 20.3. The fraction of sp³-hybridized carbons (Fsp3) is 0.838. The molecule has 6 heteroatoms. The van der Waals surface area contributed by atoms with E-state index in [1.807, 2.05) is 0 Å². The van der Waals surface area contributed by atoms with Gasteiger partial charge in [0.15, 0.2) is 0 Å². The maximum Gasteiger partial charge on any atom is 0.501 e. The Hall–Kier alpha value is -0.433. The quantitative estimate of drug-likeness (QED) is 0.0466. The van der Waals surface area contributed by atoms with Gasteiger partial charge in [-0.05, 0) is 40.5 Å². The lowest BCUT2D eigenvalue weighted by Crippen LogP contribution is -3.00. The molecule has 0 heterocycles. The summed E-state index contributed by atoms with van der Waals surface area (Å²) >= 11 is 0. The zero-order chi connectivity index (χ0) is 30.6. The summed E-state index contributed by atoms with van der Waals surface area (Å²) in [6, 6.07) is 12.0. The molecule has 43 heavy (non-hydrogen) atoms. The number of hydrogen-bond donors (Lipinski definition) is 0. The van der Waals surface area contributed by atoms with E-state index in [2.05, 4.69) is 65.0 Å². The molecule has 1 aromatic rings. The number of quaternary nitrogens is 1. The van der Waals surface area contributed by atoms with Crippen molar-refractivity contribution in [3.8, 4) is 0 Å². The van der Waals surface area contributed by atoms with Gasteiger partial charge in [-0.1, -0.05) is 134 Å². The molecule has 0 amide bonds. The summed E-state index contributed by atoms with van der Waals surface area (Å²) in [5.74, 6) is 0. The van der Waals surface area contributed by atoms with Crippen molar-refractivity contribution in [3.63, 3.8) is 0 Å². The van der Waals surface area contributed by atoms with Crippen LogP contribution in [0.4, 0.5) is 0 Å². The van der Waals surface area contributed by atoms with Gasteiger partial charge in [0, 0.05) is 37.8 Å². The van der Waals surface area contributed by atoms with Crippen molar-refractivity contribution in [1.82, 2.24) is 0 Å². The van der Waals surface area contributed by atoms with Crippen LogP contribution in [0.3, 0.4) is 0 Å². The van der Waals surface area contributed by atoms with Crippen molar-refractivity contribution in [2.45, 2.75) is 163 Å². The molecule has 0 aliphatic heterocycles. The normalized spacial score (nSPS) is 13.1. The summed E-state index contributed by atoms with van der Waals surface area (Å²) in [5, 5.41) is 0. The average Bonchev–Trinajstić information content (AvgIpc) is 2.99. The lowest BCUT2D eigenvalue weighted by atomic mass is 10.0. The van der Waals surface area contributed by atoms with E-state index in [4.69, 9.17) is 13.3 Å². The van der Waals surface area contributed by atoms with Gasteiger partial charge in [-0.2, -0.15) is 0 Å². The number of benzene rings is 1. The van der Waals surface area contributed by atoms with Crippen LogP contribution < -0.4 is 12.4 Å². The fourth-order valence-corrected chi connectivity index (χ4v) is 9.07. The molecule has 0 spiro atoms. The van der Waals surface area contributed by atoms with Crippen LogP contribution in [0.15, 0.2) is 30.3 Å². The Balaban J connectivity index is 0.0000176. The second kappa shape index (κ2) is 29.0. The molecule has 254 valence electrons. The van der Waals surface area contributed by atoms with E-state index in [1.165, 1.54) is 128 Å². The first kappa shape index (κ1) is 42.6. The molecular weight excluding hydrogens is 570 g/mol. The van der Waals surface area contributed by atoms with E-state index >= 15 is 0 Å². The molecule has 1 aromatic carbocycles. The SMILES string of the molecule is CCCCCCCCCCCCCCCCCCC[N+](CC)(CCC[Si](OCC)(OCC)OCC)Cc1ccccc1.[Cl-]. The van der Waals surface area contributed by atoms with Crippen molar-refractivity contribution < 1.29 is 30.2 Å². The maximum atomic E-state index is 6.16. The first-order valence-electron chi connectivity index (χ1n) is 18.4. The molecule has 1 atom stereocenters. The van der Waals surface area contributed by atoms with Crippen molar-refractivity contribution in [2.75, 3.05) is 39.5 Å². The Labute approximate surface area is 276 Å². The number of halogens is 1. The smallest absolute Gasteiger partial charge is 0.501 e. The summed E-state index contributed by atoms with van der Waals surface area (Å²) in [6.07, 6.45) is 25.3. The third-order valence-electron chi connectivity index (χ3n) is 8.98. The Kier molecular flexibility index (Phi) is 28.7. The Morgan fingerprint density at radius 2 is 0.907 bits per heavy atom. The van der Waals surface area contributed by atoms with Crippen molar-refractivity contribution in [2.24, 2.45) is 0 Å². The highest BCUT2D eigenvalue weighted by atomic mass is 35.5. The molecule has 0 aliphatic rings. The second-order valence-corrected chi connectivity index (χ2v) is 15.2. The summed E-state index contributed by atoms with van der Waals surface area (Å²) in [5.41, 5.74) is 1.45. The lowest BCUT2D eigenvalue weighted by molar-refractivity contribution is -0.939. The Morgan fingerprint density at radius 1 is 0.512 bits per heavy atom. The van der Waals surface area contributed by atoms with Gasteiger partial charge >= 0.3 is 8.80 Å². The topological polar surface area (TPSA) is 27.7 Å². The largest absolute Gasteiger partial charge is 1.00 e. The molecule has 1 rings (SSSR count). The minimum Gasteiger partial charge on any atom is -1.00 e. The van der Waals surface area contributed by atoms with Gasteiger partial charge in [-0.25, -0.2) is 0 Å². The van der Waals surface area contributed by atoms with Crippen LogP contribution in [0.2, 0.25) is 6.04 Å². The zero-order valence-electron chi connectivity index (χ0n) is 29.3. The molecular formula is C37H72ClNO3Si. The van der Waals surface area contributed by atoms with Gasteiger partial charge in [0.1, 0.15) is 6.54 Å². The Morgan fingerprint density at radius 3 is 1.30 bits per heavy atom. The molecule has 1 unspecified atom stereocenters. The fourth-order valence-electron chi connectivity index (χ4n) is 6.47. The summed E-state index contributed by atoms with van der Waals surface area (Å²) < 4.78 is 19.6. The van der Waals surface area contributed by atoms with Gasteiger partial charge < -0.3 is 30.2 Å². The van der Waals surface area contributed by atoms with Crippen molar-refractivity contribution in [3.05, 3.63) is 35.9 Å². The van der Waals surface area contributed by atoms with Crippen molar-refractivity contribution in [1.29, 1.82) is 0 Å². The molecule has 0 fully saturated rings. The van der Waals surface area contributed by atoms with Crippen LogP contribution >= 0.6 is 0 Å². The van der Waals surface area contributed by atoms with Gasteiger partial charge in [-0.3, -0.25) is 0 Å². The number of nitrogens with zero attached hydrogens (tertiary/aromatic N) is 1. The minimum atomic E-state index is -2.59. The van der Waals surface area contributed by atoms with E-state index in [9.17, 15) is 0 Å². The molecule has 0 saturated heterocycles. The molecule has 0 saturated carbocycles. The van der Waals surface area contributed by atoms with Crippen LogP contribution in [0, 0.1) is 0 Å². The molecule has 0 radical (unpaired) electrons. The summed E-state index contributed by atoms with van der Waals surface area (Å²) in [7, 11) is -2.59. The summed E-state index contributed by atoms with van der Waals surface area (Å²) in [4.78, 5) is 0. The van der Waals surface area contributed by atoms with Crippen LogP contribution in [-0.4, -0.2) is 52.7 Å².